The number of amides is 1. The third-order valence-electron chi connectivity index (χ3n) is 1.58. The van der Waals surface area contributed by atoms with Gasteiger partial charge in [-0.2, -0.15) is 0 Å². The number of amidine groups is 1. The summed E-state index contributed by atoms with van der Waals surface area (Å²) in [5.41, 5.74) is 5.15. The highest BCUT2D eigenvalue weighted by Crippen LogP contribution is 2.00. The maximum Gasteiger partial charge on any atom is 0.228 e. The molecule has 15 heavy (non-hydrogen) atoms. The molecular formula is C8H12N4O3. The van der Waals surface area contributed by atoms with E-state index in [1.807, 2.05) is 0 Å². The lowest BCUT2D eigenvalue weighted by atomic mass is 10.4. The van der Waals surface area contributed by atoms with Crippen molar-refractivity contribution in [2.45, 2.75) is 19.9 Å². The lowest BCUT2D eigenvalue weighted by Gasteiger charge is -2.00. The number of aromatic nitrogens is 1. The second-order valence-corrected chi connectivity index (χ2v) is 2.91. The Kier molecular flexibility index (Phi) is 3.67. The quantitative estimate of drug-likeness (QED) is 0.275. The molecule has 0 atom stereocenters. The highest BCUT2D eigenvalue weighted by atomic mass is 16.4. The maximum atomic E-state index is 11.1. The minimum Gasteiger partial charge on any atom is -0.444 e. The Bertz CT molecular complexity index is 372. The first-order chi connectivity index (χ1) is 7.11. The van der Waals surface area contributed by atoms with Crippen LogP contribution in [0.5, 0.6) is 0 Å². The molecule has 0 aliphatic rings. The smallest absolute Gasteiger partial charge is 0.228 e. The summed E-state index contributed by atoms with van der Waals surface area (Å²) >= 11 is 0. The van der Waals surface area contributed by atoms with Gasteiger partial charge in [-0.3, -0.25) is 4.79 Å². The largest absolute Gasteiger partial charge is 0.444 e. The van der Waals surface area contributed by atoms with Gasteiger partial charge in [0.25, 0.3) is 0 Å². The fourth-order valence-electron chi connectivity index (χ4n) is 0.920. The standard InChI is InChI=1S/C8H12N4O3/c1-5-3-11-8(15-5)4-10-7(13)2-6(9)12-14/h3,14H,2,4H2,1H3,(H2,9,12)(H,10,13). The minimum absolute atomic E-state index is 0.143. The Hall–Kier alpha value is -2.05. The highest BCUT2D eigenvalue weighted by molar-refractivity contribution is 5.98. The van der Waals surface area contributed by atoms with E-state index in [1.54, 1.807) is 13.1 Å². The number of nitrogens with two attached hydrogens (primary N) is 1. The van der Waals surface area contributed by atoms with E-state index in [4.69, 9.17) is 15.4 Å². The second kappa shape index (κ2) is 4.99. The van der Waals surface area contributed by atoms with Gasteiger partial charge in [0.2, 0.25) is 11.8 Å². The summed E-state index contributed by atoms with van der Waals surface area (Å²) in [6.45, 7) is 1.94. The summed E-state index contributed by atoms with van der Waals surface area (Å²) in [5, 5.41) is 13.4. The normalized spacial score (nSPS) is 11.4. The Labute approximate surface area is 86.0 Å². The predicted molar refractivity (Wildman–Crippen MR) is 51.1 cm³/mol. The fourth-order valence-corrected chi connectivity index (χ4v) is 0.920. The molecule has 0 saturated heterocycles. The van der Waals surface area contributed by atoms with Gasteiger partial charge in [0, 0.05) is 0 Å². The van der Waals surface area contributed by atoms with Crippen molar-refractivity contribution in [2.75, 3.05) is 0 Å². The Balaban J connectivity index is 2.34. The topological polar surface area (TPSA) is 114 Å². The highest BCUT2D eigenvalue weighted by Gasteiger charge is 2.06. The first-order valence-corrected chi connectivity index (χ1v) is 4.26. The number of nitrogens with zero attached hydrogens (tertiary/aromatic N) is 2. The van der Waals surface area contributed by atoms with Crippen LogP contribution in [0.25, 0.3) is 0 Å². The van der Waals surface area contributed by atoms with Crippen LogP contribution in [0.3, 0.4) is 0 Å². The van der Waals surface area contributed by atoms with Crippen LogP contribution in [0.2, 0.25) is 0 Å². The molecule has 7 heteroatoms. The summed E-state index contributed by atoms with van der Waals surface area (Å²) in [7, 11) is 0. The number of carbonyl (C=O) groups is 1. The molecule has 1 aromatic rings. The Morgan fingerprint density at radius 2 is 2.53 bits per heavy atom. The Morgan fingerprint density at radius 1 is 1.80 bits per heavy atom. The molecule has 82 valence electrons. The first-order valence-electron chi connectivity index (χ1n) is 4.26. The maximum absolute atomic E-state index is 11.1. The van der Waals surface area contributed by atoms with E-state index in [1.165, 1.54) is 0 Å². The lowest BCUT2D eigenvalue weighted by molar-refractivity contribution is -0.120. The van der Waals surface area contributed by atoms with Crippen molar-refractivity contribution in [3.63, 3.8) is 0 Å². The van der Waals surface area contributed by atoms with Crippen LogP contribution in [0.1, 0.15) is 18.1 Å². The number of oxazole rings is 1. The van der Waals surface area contributed by atoms with Gasteiger partial charge in [0.15, 0.2) is 0 Å². The molecule has 1 heterocycles. The molecule has 0 spiro atoms. The molecule has 0 aliphatic heterocycles. The van der Waals surface area contributed by atoms with Crippen LogP contribution in [-0.4, -0.2) is 21.9 Å². The summed E-state index contributed by atoms with van der Waals surface area (Å²) < 4.78 is 5.13. The number of hydrogen-bond acceptors (Lipinski definition) is 5. The average Bonchev–Trinajstić information content (AvgIpc) is 2.61. The van der Waals surface area contributed by atoms with E-state index in [-0.39, 0.29) is 24.7 Å². The third kappa shape index (κ3) is 3.67. The van der Waals surface area contributed by atoms with Crippen molar-refractivity contribution < 1.29 is 14.4 Å². The monoisotopic (exact) mass is 212 g/mol. The summed E-state index contributed by atoms with van der Waals surface area (Å²) in [4.78, 5) is 15.0. The number of nitrogens with one attached hydrogen (secondary N) is 1. The zero-order chi connectivity index (χ0) is 11.3. The number of rotatable bonds is 4. The molecule has 0 fully saturated rings. The van der Waals surface area contributed by atoms with Crippen molar-refractivity contribution >= 4 is 11.7 Å². The van der Waals surface area contributed by atoms with E-state index < -0.39 is 0 Å². The summed E-state index contributed by atoms with van der Waals surface area (Å²) in [5.74, 6) is 0.591. The zero-order valence-electron chi connectivity index (χ0n) is 8.23. The van der Waals surface area contributed by atoms with Gasteiger partial charge < -0.3 is 20.7 Å². The van der Waals surface area contributed by atoms with E-state index in [0.717, 1.165) is 0 Å². The van der Waals surface area contributed by atoms with Crippen LogP contribution >= 0.6 is 0 Å². The van der Waals surface area contributed by atoms with E-state index in [9.17, 15) is 4.79 Å². The van der Waals surface area contributed by atoms with Gasteiger partial charge in [0.05, 0.1) is 19.2 Å². The first kappa shape index (κ1) is 11.0. The predicted octanol–water partition coefficient (Wildman–Crippen LogP) is -0.264. The van der Waals surface area contributed by atoms with E-state index in [0.29, 0.717) is 11.7 Å². The van der Waals surface area contributed by atoms with Gasteiger partial charge in [-0.15, -0.1) is 0 Å². The molecule has 0 aromatic carbocycles. The average molecular weight is 212 g/mol. The fraction of sp³-hybridized carbons (Fsp3) is 0.375. The number of aryl methyl sites for hydroxylation is 1. The van der Waals surface area contributed by atoms with Crippen LogP contribution in [-0.2, 0) is 11.3 Å². The second-order valence-electron chi connectivity index (χ2n) is 2.91. The summed E-state index contributed by atoms with van der Waals surface area (Å²) in [6.07, 6.45) is 1.40. The molecule has 1 amide bonds. The van der Waals surface area contributed by atoms with Crippen LogP contribution in [0.15, 0.2) is 15.8 Å². The zero-order valence-corrected chi connectivity index (χ0v) is 8.23. The van der Waals surface area contributed by atoms with Crippen molar-refractivity contribution in [3.8, 4) is 0 Å². The van der Waals surface area contributed by atoms with Crippen molar-refractivity contribution in [3.05, 3.63) is 17.8 Å². The van der Waals surface area contributed by atoms with Gasteiger partial charge in [-0.1, -0.05) is 5.16 Å². The molecule has 0 unspecified atom stereocenters. The van der Waals surface area contributed by atoms with Gasteiger partial charge in [-0.25, -0.2) is 4.98 Å². The van der Waals surface area contributed by atoms with Gasteiger partial charge in [-0.05, 0) is 6.92 Å². The number of hydrogen-bond donors (Lipinski definition) is 3. The van der Waals surface area contributed by atoms with E-state index in [2.05, 4.69) is 15.5 Å². The van der Waals surface area contributed by atoms with E-state index >= 15 is 0 Å². The molecule has 0 aliphatic carbocycles. The molecule has 0 saturated carbocycles. The SMILES string of the molecule is Cc1cnc(CNC(=O)CC(N)=NO)o1. The van der Waals surface area contributed by atoms with Crippen LogP contribution in [0.4, 0.5) is 0 Å². The van der Waals surface area contributed by atoms with Gasteiger partial charge >= 0.3 is 0 Å². The van der Waals surface area contributed by atoms with Crippen LogP contribution in [0, 0.1) is 6.92 Å². The summed E-state index contributed by atoms with van der Waals surface area (Å²) in [6, 6.07) is 0. The number of oxime groups is 1. The van der Waals surface area contributed by atoms with Gasteiger partial charge in [0.1, 0.15) is 11.6 Å². The molecular weight excluding hydrogens is 200 g/mol. The Morgan fingerprint density at radius 3 is 3.07 bits per heavy atom. The molecule has 7 nitrogen and oxygen atoms in total. The lowest BCUT2D eigenvalue weighted by Crippen LogP contribution is -2.28. The molecule has 4 N–H and O–H groups in total. The molecule has 0 bridgehead atoms. The number of carbonyl (C=O) groups excluding carboxylic acids is 1. The van der Waals surface area contributed by atoms with Crippen molar-refractivity contribution in [1.82, 2.24) is 10.3 Å². The van der Waals surface area contributed by atoms with Crippen LogP contribution < -0.4 is 11.1 Å². The molecule has 1 aromatic heterocycles. The minimum atomic E-state index is -0.360. The molecule has 1 rings (SSSR count). The molecule has 0 radical (unpaired) electrons. The van der Waals surface area contributed by atoms with Crippen molar-refractivity contribution in [1.29, 1.82) is 0 Å². The van der Waals surface area contributed by atoms with Crippen molar-refractivity contribution in [2.24, 2.45) is 10.9 Å². The third-order valence-corrected chi connectivity index (χ3v) is 1.58.